The Hall–Kier alpha value is 0.250. The van der Waals surface area contributed by atoms with E-state index in [1.165, 1.54) is 13.5 Å². The number of alkyl halides is 1. The molecule has 1 nitrogen and oxygen atoms in total. The van der Waals surface area contributed by atoms with Crippen molar-refractivity contribution in [2.24, 2.45) is 5.73 Å². The second kappa shape index (κ2) is 16.3. The SMILES string of the molecule is CCCCCl.CN. The van der Waals surface area contributed by atoms with Crippen molar-refractivity contribution in [2.75, 3.05) is 12.9 Å². The van der Waals surface area contributed by atoms with Gasteiger partial charge in [0, 0.05) is 5.88 Å². The molecule has 2 heteroatoms. The molecule has 0 aliphatic rings. The topological polar surface area (TPSA) is 26.0 Å². The van der Waals surface area contributed by atoms with Crippen LogP contribution in [0.1, 0.15) is 19.8 Å². The van der Waals surface area contributed by atoms with Crippen molar-refractivity contribution >= 4 is 11.6 Å². The van der Waals surface area contributed by atoms with E-state index in [1.54, 1.807) is 0 Å². The Labute approximate surface area is 50.8 Å². The summed E-state index contributed by atoms with van der Waals surface area (Å²) >= 11 is 5.30. The van der Waals surface area contributed by atoms with Crippen molar-refractivity contribution in [3.8, 4) is 0 Å². The Morgan fingerprint density at radius 3 is 1.86 bits per heavy atom. The minimum atomic E-state index is 0.816. The Morgan fingerprint density at radius 2 is 1.86 bits per heavy atom. The molecule has 0 bridgehead atoms. The van der Waals surface area contributed by atoms with Gasteiger partial charge in [0.1, 0.15) is 0 Å². The van der Waals surface area contributed by atoms with Crippen LogP contribution in [0.4, 0.5) is 0 Å². The highest BCUT2D eigenvalue weighted by molar-refractivity contribution is 6.17. The molecule has 0 fully saturated rings. The van der Waals surface area contributed by atoms with Crippen LogP contribution in [0.5, 0.6) is 0 Å². The van der Waals surface area contributed by atoms with E-state index in [0.29, 0.717) is 0 Å². The van der Waals surface area contributed by atoms with Gasteiger partial charge in [-0.3, -0.25) is 0 Å². The quantitative estimate of drug-likeness (QED) is 0.555. The summed E-state index contributed by atoms with van der Waals surface area (Å²) < 4.78 is 0. The summed E-state index contributed by atoms with van der Waals surface area (Å²) in [7, 11) is 1.50. The average Bonchev–Trinajstić information content (AvgIpc) is 1.75. The van der Waals surface area contributed by atoms with Crippen LogP contribution in [-0.4, -0.2) is 12.9 Å². The van der Waals surface area contributed by atoms with Gasteiger partial charge >= 0.3 is 0 Å². The zero-order valence-corrected chi connectivity index (χ0v) is 5.83. The first-order valence-electron chi connectivity index (χ1n) is 2.55. The van der Waals surface area contributed by atoms with Gasteiger partial charge in [-0.1, -0.05) is 13.3 Å². The molecule has 0 heterocycles. The Balaban J connectivity index is 0. The summed E-state index contributed by atoms with van der Waals surface area (Å²) in [6, 6.07) is 0. The summed E-state index contributed by atoms with van der Waals surface area (Å²) in [5.41, 5.74) is 4.50. The van der Waals surface area contributed by atoms with Crippen LogP contribution in [0.3, 0.4) is 0 Å². The molecule has 0 aromatic rings. The number of hydrogen-bond donors (Lipinski definition) is 1. The third kappa shape index (κ3) is 22.3. The summed E-state index contributed by atoms with van der Waals surface area (Å²) in [6.45, 7) is 2.13. The number of nitrogens with two attached hydrogens (primary N) is 1. The largest absolute Gasteiger partial charge is 0.333 e. The number of rotatable bonds is 2. The van der Waals surface area contributed by atoms with E-state index in [2.05, 4.69) is 12.7 Å². The van der Waals surface area contributed by atoms with Gasteiger partial charge in [-0.25, -0.2) is 0 Å². The second-order valence-electron chi connectivity index (χ2n) is 1.04. The first-order chi connectivity index (χ1) is 3.41. The monoisotopic (exact) mass is 123 g/mol. The van der Waals surface area contributed by atoms with Crippen LogP contribution in [0.15, 0.2) is 0 Å². The molecule has 0 saturated carbocycles. The Kier molecular flexibility index (Phi) is 23.9. The third-order valence-corrected chi connectivity index (χ3v) is 0.754. The lowest BCUT2D eigenvalue weighted by Crippen LogP contribution is -1.69. The van der Waals surface area contributed by atoms with Gasteiger partial charge in [-0.15, -0.1) is 11.6 Å². The van der Waals surface area contributed by atoms with Gasteiger partial charge in [0.15, 0.2) is 0 Å². The first kappa shape index (κ1) is 10.3. The van der Waals surface area contributed by atoms with Gasteiger partial charge in [-0.05, 0) is 13.5 Å². The molecule has 0 amide bonds. The molecule has 0 spiro atoms. The first-order valence-corrected chi connectivity index (χ1v) is 3.09. The minimum Gasteiger partial charge on any atom is -0.333 e. The van der Waals surface area contributed by atoms with Gasteiger partial charge < -0.3 is 5.73 Å². The predicted octanol–water partition coefficient (Wildman–Crippen LogP) is 1.60. The predicted molar refractivity (Wildman–Crippen MR) is 35.7 cm³/mol. The van der Waals surface area contributed by atoms with Gasteiger partial charge in [0.25, 0.3) is 0 Å². The van der Waals surface area contributed by atoms with Crippen LogP contribution in [0.2, 0.25) is 0 Å². The maximum absolute atomic E-state index is 5.30. The molecule has 0 radical (unpaired) electrons. The summed E-state index contributed by atoms with van der Waals surface area (Å²) in [5.74, 6) is 0.816. The van der Waals surface area contributed by atoms with Crippen molar-refractivity contribution < 1.29 is 0 Å². The van der Waals surface area contributed by atoms with E-state index in [-0.39, 0.29) is 0 Å². The van der Waals surface area contributed by atoms with E-state index >= 15 is 0 Å². The Morgan fingerprint density at radius 1 is 1.43 bits per heavy atom. The maximum atomic E-state index is 5.30. The molecule has 0 aromatic heterocycles. The fourth-order valence-corrected chi connectivity index (χ4v) is 0.401. The summed E-state index contributed by atoms with van der Waals surface area (Å²) in [6.07, 6.45) is 2.37. The van der Waals surface area contributed by atoms with Crippen LogP contribution in [0, 0.1) is 0 Å². The van der Waals surface area contributed by atoms with Crippen LogP contribution in [0.25, 0.3) is 0 Å². The molecule has 0 aliphatic heterocycles. The zero-order valence-electron chi connectivity index (χ0n) is 5.08. The van der Waals surface area contributed by atoms with Crippen LogP contribution < -0.4 is 5.73 Å². The molecular formula is C5H14ClN. The van der Waals surface area contributed by atoms with Gasteiger partial charge in [0.2, 0.25) is 0 Å². The highest BCUT2D eigenvalue weighted by Gasteiger charge is 1.70. The molecule has 0 aromatic carbocycles. The fourth-order valence-electron chi connectivity index (χ4n) is 0.134. The Bertz CT molecular complexity index is 15.6. The van der Waals surface area contributed by atoms with Crippen LogP contribution >= 0.6 is 11.6 Å². The molecule has 7 heavy (non-hydrogen) atoms. The highest BCUT2D eigenvalue weighted by atomic mass is 35.5. The molecule has 0 saturated heterocycles. The lowest BCUT2D eigenvalue weighted by Gasteiger charge is -1.77. The lowest BCUT2D eigenvalue weighted by molar-refractivity contribution is 0.892. The standard InChI is InChI=1S/C4H9Cl.CH5N/c1-2-3-4-5;1-2/h2-4H2,1H3;2H2,1H3. The lowest BCUT2D eigenvalue weighted by atomic mass is 10.4. The second-order valence-corrected chi connectivity index (χ2v) is 1.42. The smallest absolute Gasteiger partial charge is 0.0223 e. The molecular weight excluding hydrogens is 110 g/mol. The van der Waals surface area contributed by atoms with Gasteiger partial charge in [-0.2, -0.15) is 0 Å². The van der Waals surface area contributed by atoms with E-state index in [1.807, 2.05) is 0 Å². The van der Waals surface area contributed by atoms with Crippen molar-refractivity contribution in [3.05, 3.63) is 0 Å². The zero-order chi connectivity index (χ0) is 6.12. The molecule has 46 valence electrons. The van der Waals surface area contributed by atoms with Crippen LogP contribution in [-0.2, 0) is 0 Å². The molecule has 0 aliphatic carbocycles. The molecule has 0 atom stereocenters. The number of hydrogen-bond acceptors (Lipinski definition) is 1. The molecule has 2 N–H and O–H groups in total. The molecule has 0 rings (SSSR count). The van der Waals surface area contributed by atoms with E-state index < -0.39 is 0 Å². The fraction of sp³-hybridized carbons (Fsp3) is 1.00. The van der Waals surface area contributed by atoms with E-state index in [9.17, 15) is 0 Å². The summed E-state index contributed by atoms with van der Waals surface area (Å²) in [4.78, 5) is 0. The highest BCUT2D eigenvalue weighted by Crippen LogP contribution is 1.86. The number of unbranched alkanes of at least 4 members (excludes halogenated alkanes) is 1. The average molecular weight is 124 g/mol. The van der Waals surface area contributed by atoms with Gasteiger partial charge in [0.05, 0.1) is 0 Å². The number of halogens is 1. The minimum absolute atomic E-state index is 0.816. The van der Waals surface area contributed by atoms with E-state index in [4.69, 9.17) is 11.6 Å². The third-order valence-electron chi connectivity index (χ3n) is 0.487. The summed E-state index contributed by atoms with van der Waals surface area (Å²) in [5, 5.41) is 0. The normalized spacial score (nSPS) is 6.86. The van der Waals surface area contributed by atoms with Crippen molar-refractivity contribution in [1.82, 2.24) is 0 Å². The van der Waals surface area contributed by atoms with Crippen molar-refractivity contribution in [2.45, 2.75) is 19.8 Å². The maximum Gasteiger partial charge on any atom is 0.0223 e. The van der Waals surface area contributed by atoms with E-state index in [0.717, 1.165) is 12.3 Å². The van der Waals surface area contributed by atoms with Crippen molar-refractivity contribution in [1.29, 1.82) is 0 Å². The van der Waals surface area contributed by atoms with Crippen molar-refractivity contribution in [3.63, 3.8) is 0 Å². The molecule has 0 unspecified atom stereocenters.